The van der Waals surface area contributed by atoms with Crippen LogP contribution >= 0.6 is 0 Å². The molecule has 0 aromatic carbocycles. The topological polar surface area (TPSA) is 21.7 Å². The molecule has 0 atom stereocenters. The van der Waals surface area contributed by atoms with Crippen LogP contribution in [0.1, 0.15) is 33.1 Å². The highest BCUT2D eigenvalue weighted by atomic mass is 19.3. The van der Waals surface area contributed by atoms with E-state index in [0.717, 1.165) is 32.8 Å². The maximum atomic E-state index is 13.4. The molecule has 0 unspecified atom stereocenters. The molecule has 0 bridgehead atoms. The van der Waals surface area contributed by atoms with Gasteiger partial charge in [-0.05, 0) is 39.8 Å². The number of ether oxygens (including phenoxy) is 2. The zero-order valence-corrected chi connectivity index (χ0v) is 12.5. The number of alkyl halides is 2. The van der Waals surface area contributed by atoms with Gasteiger partial charge in [-0.15, -0.1) is 0 Å². The molecule has 0 amide bonds. The highest BCUT2D eigenvalue weighted by Crippen LogP contribution is 2.65. The molecule has 2 saturated heterocycles. The molecule has 1 spiro atoms. The van der Waals surface area contributed by atoms with Crippen molar-refractivity contribution in [2.45, 2.75) is 45.1 Å². The first-order valence-corrected chi connectivity index (χ1v) is 7.66. The monoisotopic (exact) mass is 289 g/mol. The largest absolute Gasteiger partial charge is 0.380 e. The van der Waals surface area contributed by atoms with Crippen LogP contribution in [0.15, 0.2) is 0 Å². The van der Waals surface area contributed by atoms with E-state index in [-0.39, 0.29) is 17.9 Å². The molecule has 2 heterocycles. The van der Waals surface area contributed by atoms with Crippen molar-refractivity contribution >= 4 is 0 Å². The van der Waals surface area contributed by atoms with E-state index >= 15 is 0 Å². The molecule has 116 valence electrons. The molecule has 3 nitrogen and oxygen atoms in total. The van der Waals surface area contributed by atoms with Crippen molar-refractivity contribution in [3.05, 3.63) is 0 Å². The summed E-state index contributed by atoms with van der Waals surface area (Å²) in [6.07, 6.45) is 1.62. The van der Waals surface area contributed by atoms with Crippen molar-refractivity contribution in [2.24, 2.45) is 10.8 Å². The number of piperidine rings is 1. The van der Waals surface area contributed by atoms with Crippen LogP contribution in [0.4, 0.5) is 8.78 Å². The molecule has 0 N–H and O–H groups in total. The lowest BCUT2D eigenvalue weighted by Crippen LogP contribution is -2.55. The summed E-state index contributed by atoms with van der Waals surface area (Å²) in [5.74, 6) is -2.39. The first-order chi connectivity index (χ1) is 9.37. The summed E-state index contributed by atoms with van der Waals surface area (Å²) < 4.78 is 37.9. The summed E-state index contributed by atoms with van der Waals surface area (Å²) in [6.45, 7) is 8.75. The molecule has 3 fully saturated rings. The Morgan fingerprint density at radius 3 is 2.20 bits per heavy atom. The van der Waals surface area contributed by atoms with E-state index in [0.29, 0.717) is 19.4 Å². The number of hydrogen-bond donors (Lipinski definition) is 0. The van der Waals surface area contributed by atoms with Crippen LogP contribution in [-0.4, -0.2) is 56.4 Å². The molecule has 1 saturated carbocycles. The minimum atomic E-state index is -2.39. The zero-order chi connectivity index (χ0) is 14.4. The third-order valence-electron chi connectivity index (χ3n) is 5.12. The van der Waals surface area contributed by atoms with Gasteiger partial charge in [-0.1, -0.05) is 0 Å². The van der Waals surface area contributed by atoms with Gasteiger partial charge in [-0.25, -0.2) is 8.78 Å². The molecule has 0 radical (unpaired) electrons. The van der Waals surface area contributed by atoms with Crippen molar-refractivity contribution in [1.82, 2.24) is 4.90 Å². The van der Waals surface area contributed by atoms with Crippen molar-refractivity contribution in [3.8, 4) is 0 Å². The van der Waals surface area contributed by atoms with Gasteiger partial charge in [0.05, 0.1) is 31.3 Å². The summed E-state index contributed by atoms with van der Waals surface area (Å²) in [6, 6.07) is 0. The van der Waals surface area contributed by atoms with Crippen molar-refractivity contribution in [3.63, 3.8) is 0 Å². The number of rotatable bonds is 5. The lowest BCUT2D eigenvalue weighted by Gasteiger charge is -2.46. The predicted molar refractivity (Wildman–Crippen MR) is 72.0 cm³/mol. The van der Waals surface area contributed by atoms with E-state index < -0.39 is 11.3 Å². The van der Waals surface area contributed by atoms with E-state index in [1.54, 1.807) is 0 Å². The second-order valence-corrected chi connectivity index (χ2v) is 7.29. The first-order valence-electron chi connectivity index (χ1n) is 7.66. The van der Waals surface area contributed by atoms with E-state index in [1.165, 1.54) is 0 Å². The minimum Gasteiger partial charge on any atom is -0.380 e. The van der Waals surface area contributed by atoms with Gasteiger partial charge in [0.25, 0.3) is 5.92 Å². The van der Waals surface area contributed by atoms with Crippen LogP contribution in [-0.2, 0) is 9.47 Å². The van der Waals surface area contributed by atoms with Gasteiger partial charge in [-0.3, -0.25) is 0 Å². The Kier molecular flexibility index (Phi) is 3.58. The molecular weight excluding hydrogens is 264 g/mol. The smallest absolute Gasteiger partial charge is 0.254 e. The van der Waals surface area contributed by atoms with Crippen LogP contribution in [0.3, 0.4) is 0 Å². The van der Waals surface area contributed by atoms with E-state index in [4.69, 9.17) is 9.47 Å². The van der Waals surface area contributed by atoms with Crippen LogP contribution in [0, 0.1) is 10.8 Å². The van der Waals surface area contributed by atoms with Gasteiger partial charge in [-0.2, -0.15) is 0 Å². The number of likely N-dealkylation sites (tertiary alicyclic amines) is 1. The molecule has 1 aliphatic carbocycles. The van der Waals surface area contributed by atoms with E-state index in [1.807, 2.05) is 13.8 Å². The Morgan fingerprint density at radius 2 is 1.80 bits per heavy atom. The molecule has 2 aliphatic heterocycles. The van der Waals surface area contributed by atoms with Crippen LogP contribution < -0.4 is 0 Å². The fourth-order valence-corrected chi connectivity index (χ4v) is 3.49. The molecule has 20 heavy (non-hydrogen) atoms. The Morgan fingerprint density at radius 1 is 1.20 bits per heavy atom. The van der Waals surface area contributed by atoms with Crippen molar-refractivity contribution < 1.29 is 18.3 Å². The third-order valence-corrected chi connectivity index (χ3v) is 5.12. The van der Waals surface area contributed by atoms with Crippen LogP contribution in [0.25, 0.3) is 0 Å². The SMILES string of the molecule is CC(C)OCC1(CN2CCC3(CC2)CC3(F)F)COC1. The molecule has 0 aromatic heterocycles. The minimum absolute atomic E-state index is 0.0842. The molecular formula is C15H25F2NO2. The second-order valence-electron chi connectivity index (χ2n) is 7.29. The predicted octanol–water partition coefficient (Wildman–Crippen LogP) is 2.55. The van der Waals surface area contributed by atoms with Crippen molar-refractivity contribution in [1.29, 1.82) is 0 Å². The zero-order valence-electron chi connectivity index (χ0n) is 12.5. The van der Waals surface area contributed by atoms with Gasteiger partial charge in [0, 0.05) is 18.4 Å². The Labute approximate surface area is 119 Å². The summed E-state index contributed by atoms with van der Waals surface area (Å²) in [5.41, 5.74) is -0.567. The Hall–Kier alpha value is -0.260. The average Bonchev–Trinajstić information content (AvgIpc) is 2.86. The highest BCUT2D eigenvalue weighted by molar-refractivity contribution is 5.12. The van der Waals surface area contributed by atoms with E-state index in [2.05, 4.69) is 4.90 Å². The number of halogens is 2. The normalized spacial score (nSPS) is 30.4. The lowest BCUT2D eigenvalue weighted by atomic mass is 9.84. The molecule has 3 aliphatic rings. The first kappa shape index (κ1) is 14.7. The van der Waals surface area contributed by atoms with Gasteiger partial charge < -0.3 is 14.4 Å². The molecule has 3 rings (SSSR count). The van der Waals surface area contributed by atoms with Gasteiger partial charge in [0.1, 0.15) is 0 Å². The van der Waals surface area contributed by atoms with Crippen LogP contribution in [0.5, 0.6) is 0 Å². The lowest BCUT2D eigenvalue weighted by molar-refractivity contribution is -0.168. The summed E-state index contributed by atoms with van der Waals surface area (Å²) in [4.78, 5) is 2.33. The number of nitrogens with zero attached hydrogens (tertiary/aromatic N) is 1. The van der Waals surface area contributed by atoms with Crippen molar-refractivity contribution in [2.75, 3.05) is 39.5 Å². The van der Waals surface area contributed by atoms with Gasteiger partial charge in [0.2, 0.25) is 0 Å². The maximum Gasteiger partial charge on any atom is 0.254 e. The average molecular weight is 289 g/mol. The fraction of sp³-hybridized carbons (Fsp3) is 1.00. The van der Waals surface area contributed by atoms with Crippen LogP contribution in [0.2, 0.25) is 0 Å². The summed E-state index contributed by atoms with van der Waals surface area (Å²) >= 11 is 0. The molecule has 5 heteroatoms. The standard InChI is InChI=1S/C15H25F2NO2/c1-12(2)20-11-13(9-19-10-13)8-18-5-3-14(4-6-18)7-15(14,16)17/h12H,3-11H2,1-2H3. The molecule has 0 aromatic rings. The second kappa shape index (κ2) is 4.89. The fourth-order valence-electron chi connectivity index (χ4n) is 3.49. The Bertz CT molecular complexity index is 361. The quantitative estimate of drug-likeness (QED) is 0.776. The highest BCUT2D eigenvalue weighted by Gasteiger charge is 2.70. The third kappa shape index (κ3) is 2.60. The van der Waals surface area contributed by atoms with Gasteiger partial charge in [0.15, 0.2) is 0 Å². The van der Waals surface area contributed by atoms with E-state index in [9.17, 15) is 8.78 Å². The van der Waals surface area contributed by atoms with Gasteiger partial charge >= 0.3 is 0 Å². The summed E-state index contributed by atoms with van der Waals surface area (Å²) in [5, 5.41) is 0. The maximum absolute atomic E-state index is 13.4. The summed E-state index contributed by atoms with van der Waals surface area (Å²) in [7, 11) is 0. The Balaban J connectivity index is 1.49. The number of hydrogen-bond acceptors (Lipinski definition) is 3.